The summed E-state index contributed by atoms with van der Waals surface area (Å²) in [6, 6.07) is 5.92. The summed E-state index contributed by atoms with van der Waals surface area (Å²) in [5.41, 5.74) is 1.05. The quantitative estimate of drug-likeness (QED) is 0.878. The Hall–Kier alpha value is -1.84. The molecule has 0 aliphatic carbocycles. The molecule has 2 rings (SSSR count). The van der Waals surface area contributed by atoms with Gasteiger partial charge in [0.05, 0.1) is 12.3 Å². The first-order chi connectivity index (χ1) is 8.19. The number of nitrogens with zero attached hydrogens (tertiary/aromatic N) is 2. The molecule has 0 amide bonds. The fourth-order valence-corrected chi connectivity index (χ4v) is 1.72. The third-order valence-corrected chi connectivity index (χ3v) is 2.59. The predicted molar refractivity (Wildman–Crippen MR) is 66.9 cm³/mol. The Morgan fingerprint density at radius 1 is 1.41 bits per heavy atom. The largest absolute Gasteiger partial charge is 0.467 e. The van der Waals surface area contributed by atoms with Crippen LogP contribution < -0.4 is 5.32 Å². The van der Waals surface area contributed by atoms with Crippen molar-refractivity contribution in [2.75, 3.05) is 5.32 Å². The van der Waals surface area contributed by atoms with Gasteiger partial charge in [-0.2, -0.15) is 0 Å². The van der Waals surface area contributed by atoms with Crippen molar-refractivity contribution in [2.45, 2.75) is 33.2 Å². The number of aromatic nitrogens is 2. The minimum absolute atomic E-state index is 0.101. The summed E-state index contributed by atoms with van der Waals surface area (Å²) in [5.74, 6) is 2.54. The summed E-state index contributed by atoms with van der Waals surface area (Å²) in [6.45, 7) is 6.03. The molecule has 2 aromatic rings. The van der Waals surface area contributed by atoms with Gasteiger partial charge in [-0.25, -0.2) is 9.97 Å². The molecule has 2 aromatic heterocycles. The van der Waals surface area contributed by atoms with Gasteiger partial charge in [0, 0.05) is 11.8 Å². The Balaban J connectivity index is 2.15. The summed E-state index contributed by atoms with van der Waals surface area (Å²) >= 11 is 0. The molecular formula is C13H17N3O. The zero-order valence-corrected chi connectivity index (χ0v) is 10.4. The highest BCUT2D eigenvalue weighted by molar-refractivity contribution is 5.38. The lowest BCUT2D eigenvalue weighted by Gasteiger charge is -2.13. The first-order valence-corrected chi connectivity index (χ1v) is 5.83. The fourth-order valence-electron chi connectivity index (χ4n) is 1.72. The molecule has 4 nitrogen and oxygen atoms in total. The molecule has 4 heteroatoms. The van der Waals surface area contributed by atoms with Crippen LogP contribution in [0.1, 0.15) is 37.2 Å². The average molecular weight is 231 g/mol. The van der Waals surface area contributed by atoms with Gasteiger partial charge >= 0.3 is 0 Å². The van der Waals surface area contributed by atoms with E-state index in [4.69, 9.17) is 4.42 Å². The molecule has 1 unspecified atom stereocenters. The summed E-state index contributed by atoms with van der Waals surface area (Å²) in [7, 11) is 0. The Morgan fingerprint density at radius 3 is 2.88 bits per heavy atom. The Morgan fingerprint density at radius 2 is 2.24 bits per heavy atom. The lowest BCUT2D eigenvalue weighted by atomic mass is 10.2. The van der Waals surface area contributed by atoms with Gasteiger partial charge in [-0.1, -0.05) is 6.92 Å². The molecule has 0 saturated carbocycles. The van der Waals surface area contributed by atoms with Gasteiger partial charge < -0.3 is 9.73 Å². The predicted octanol–water partition coefficient (Wildman–Crippen LogP) is 3.11. The van der Waals surface area contributed by atoms with Gasteiger partial charge in [0.25, 0.3) is 0 Å². The molecule has 1 atom stereocenters. The van der Waals surface area contributed by atoms with E-state index in [1.54, 1.807) is 6.26 Å². The van der Waals surface area contributed by atoms with Crippen LogP contribution in [0.25, 0.3) is 0 Å². The number of anilines is 1. The normalized spacial score (nSPS) is 12.4. The molecule has 0 radical (unpaired) electrons. The fraction of sp³-hybridized carbons (Fsp3) is 0.385. The summed E-state index contributed by atoms with van der Waals surface area (Å²) < 4.78 is 5.35. The van der Waals surface area contributed by atoms with Crippen molar-refractivity contribution in [2.24, 2.45) is 0 Å². The number of furan rings is 1. The van der Waals surface area contributed by atoms with Crippen LogP contribution in [0.2, 0.25) is 0 Å². The first-order valence-electron chi connectivity index (χ1n) is 5.83. The van der Waals surface area contributed by atoms with E-state index in [2.05, 4.69) is 22.2 Å². The Bertz CT molecular complexity index is 479. The van der Waals surface area contributed by atoms with Gasteiger partial charge in [0.15, 0.2) is 0 Å². The van der Waals surface area contributed by atoms with Crippen LogP contribution in [0.3, 0.4) is 0 Å². The van der Waals surface area contributed by atoms with Crippen molar-refractivity contribution in [3.63, 3.8) is 0 Å². The molecule has 0 aliphatic rings. The zero-order chi connectivity index (χ0) is 12.3. The lowest BCUT2D eigenvalue weighted by Crippen LogP contribution is -2.09. The van der Waals surface area contributed by atoms with Crippen molar-refractivity contribution in [1.29, 1.82) is 0 Å². The maximum absolute atomic E-state index is 5.35. The third kappa shape index (κ3) is 2.84. The SMILES string of the molecule is CCc1cc(NC(C)c2ccco2)nc(C)n1. The van der Waals surface area contributed by atoms with E-state index in [0.717, 1.165) is 29.5 Å². The maximum atomic E-state index is 5.35. The van der Waals surface area contributed by atoms with Gasteiger partial charge in [-0.15, -0.1) is 0 Å². The summed E-state index contributed by atoms with van der Waals surface area (Å²) in [5, 5.41) is 3.31. The number of hydrogen-bond donors (Lipinski definition) is 1. The molecule has 0 saturated heterocycles. The summed E-state index contributed by atoms with van der Waals surface area (Å²) in [4.78, 5) is 8.72. The second kappa shape index (κ2) is 4.99. The minimum Gasteiger partial charge on any atom is -0.467 e. The molecule has 0 fully saturated rings. The van der Waals surface area contributed by atoms with Crippen LogP contribution in [0.5, 0.6) is 0 Å². The molecular weight excluding hydrogens is 214 g/mol. The van der Waals surface area contributed by atoms with E-state index in [9.17, 15) is 0 Å². The molecule has 2 heterocycles. The molecule has 0 bridgehead atoms. The van der Waals surface area contributed by atoms with E-state index in [-0.39, 0.29) is 6.04 Å². The van der Waals surface area contributed by atoms with Crippen molar-refractivity contribution in [3.05, 3.63) is 41.7 Å². The second-order valence-corrected chi connectivity index (χ2v) is 4.03. The van der Waals surface area contributed by atoms with Crippen LogP contribution >= 0.6 is 0 Å². The molecule has 0 aliphatic heterocycles. The molecule has 1 N–H and O–H groups in total. The van der Waals surface area contributed by atoms with Gasteiger partial charge in [0.2, 0.25) is 0 Å². The third-order valence-electron chi connectivity index (χ3n) is 2.59. The zero-order valence-electron chi connectivity index (χ0n) is 10.4. The number of hydrogen-bond acceptors (Lipinski definition) is 4. The molecule has 0 aromatic carbocycles. The van der Waals surface area contributed by atoms with Crippen LogP contribution in [0.4, 0.5) is 5.82 Å². The highest BCUT2D eigenvalue weighted by Gasteiger charge is 2.09. The lowest BCUT2D eigenvalue weighted by molar-refractivity contribution is 0.490. The molecule has 0 spiro atoms. The summed E-state index contributed by atoms with van der Waals surface area (Å²) in [6.07, 6.45) is 2.59. The Kier molecular flexibility index (Phi) is 3.42. The van der Waals surface area contributed by atoms with Gasteiger partial charge in [-0.05, 0) is 32.4 Å². The van der Waals surface area contributed by atoms with Crippen molar-refractivity contribution < 1.29 is 4.42 Å². The highest BCUT2D eigenvalue weighted by Crippen LogP contribution is 2.18. The van der Waals surface area contributed by atoms with Crippen molar-refractivity contribution in [1.82, 2.24) is 9.97 Å². The van der Waals surface area contributed by atoms with Crippen molar-refractivity contribution >= 4 is 5.82 Å². The van der Waals surface area contributed by atoms with Crippen molar-refractivity contribution in [3.8, 4) is 0 Å². The van der Waals surface area contributed by atoms with Crippen LogP contribution in [-0.2, 0) is 6.42 Å². The molecule has 90 valence electrons. The highest BCUT2D eigenvalue weighted by atomic mass is 16.3. The van der Waals surface area contributed by atoms with E-state index >= 15 is 0 Å². The van der Waals surface area contributed by atoms with Crippen LogP contribution in [0.15, 0.2) is 28.9 Å². The van der Waals surface area contributed by atoms with Gasteiger partial charge in [0.1, 0.15) is 17.4 Å². The minimum atomic E-state index is 0.101. The molecule has 17 heavy (non-hydrogen) atoms. The van der Waals surface area contributed by atoms with E-state index < -0.39 is 0 Å². The smallest absolute Gasteiger partial charge is 0.130 e. The standard InChI is InChI=1S/C13H17N3O/c1-4-11-8-13(16-10(3)15-11)14-9(2)12-6-5-7-17-12/h5-9H,4H2,1-3H3,(H,14,15,16). The van der Waals surface area contributed by atoms with Crippen LogP contribution in [-0.4, -0.2) is 9.97 Å². The van der Waals surface area contributed by atoms with E-state index in [0.29, 0.717) is 0 Å². The number of nitrogens with one attached hydrogen (secondary N) is 1. The maximum Gasteiger partial charge on any atom is 0.130 e. The van der Waals surface area contributed by atoms with Gasteiger partial charge in [-0.3, -0.25) is 0 Å². The first kappa shape index (κ1) is 11.6. The Labute approximate surface area is 101 Å². The van der Waals surface area contributed by atoms with Crippen LogP contribution in [0, 0.1) is 6.92 Å². The average Bonchev–Trinajstić information content (AvgIpc) is 2.81. The number of aryl methyl sites for hydroxylation is 2. The number of rotatable bonds is 4. The monoisotopic (exact) mass is 231 g/mol. The van der Waals surface area contributed by atoms with E-state index in [1.807, 2.05) is 32.0 Å². The topological polar surface area (TPSA) is 51.0 Å². The second-order valence-electron chi connectivity index (χ2n) is 4.03. The van der Waals surface area contributed by atoms with E-state index in [1.165, 1.54) is 0 Å².